The third kappa shape index (κ3) is 4.96. The molecular weight excluding hydrogens is 268 g/mol. The molecule has 0 saturated carbocycles. The highest BCUT2D eigenvalue weighted by Gasteiger charge is 2.18. The standard InChI is InChI=1S/C17H26O4/c1-3-4-5-6-7-8-9-10-14(18)13-11-15(19)12(2)16(20)17(13)21/h11,19-21H,3-10H2,1-2H3. The molecule has 1 aromatic carbocycles. The minimum Gasteiger partial charge on any atom is -0.508 e. The summed E-state index contributed by atoms with van der Waals surface area (Å²) in [7, 11) is 0. The first kappa shape index (κ1) is 17.3. The number of aromatic hydroxyl groups is 3. The highest BCUT2D eigenvalue weighted by molar-refractivity contribution is 6.00. The van der Waals surface area contributed by atoms with Crippen molar-refractivity contribution in [3.63, 3.8) is 0 Å². The second-order valence-electron chi connectivity index (χ2n) is 5.56. The molecule has 0 fully saturated rings. The van der Waals surface area contributed by atoms with E-state index in [-0.39, 0.29) is 22.7 Å². The highest BCUT2D eigenvalue weighted by Crippen LogP contribution is 2.38. The lowest BCUT2D eigenvalue weighted by Crippen LogP contribution is -2.00. The van der Waals surface area contributed by atoms with Gasteiger partial charge in [0.1, 0.15) is 5.75 Å². The molecule has 0 aromatic heterocycles. The van der Waals surface area contributed by atoms with Crippen LogP contribution in [0.3, 0.4) is 0 Å². The lowest BCUT2D eigenvalue weighted by atomic mass is 10.00. The Balaban J connectivity index is 2.46. The number of hydrogen-bond acceptors (Lipinski definition) is 4. The van der Waals surface area contributed by atoms with Gasteiger partial charge in [0.25, 0.3) is 0 Å². The summed E-state index contributed by atoms with van der Waals surface area (Å²) < 4.78 is 0. The topological polar surface area (TPSA) is 77.8 Å². The summed E-state index contributed by atoms with van der Waals surface area (Å²) in [4.78, 5) is 12.0. The van der Waals surface area contributed by atoms with Gasteiger partial charge in [-0.3, -0.25) is 4.79 Å². The molecule has 21 heavy (non-hydrogen) atoms. The third-order valence-electron chi connectivity index (χ3n) is 3.81. The van der Waals surface area contributed by atoms with Crippen LogP contribution in [0.4, 0.5) is 0 Å². The number of hydrogen-bond donors (Lipinski definition) is 3. The van der Waals surface area contributed by atoms with Crippen LogP contribution in [0.15, 0.2) is 6.07 Å². The van der Waals surface area contributed by atoms with E-state index in [1.807, 2.05) is 0 Å². The Bertz CT molecular complexity index is 480. The summed E-state index contributed by atoms with van der Waals surface area (Å²) in [5, 5.41) is 29.1. The van der Waals surface area contributed by atoms with Crippen molar-refractivity contribution >= 4 is 5.78 Å². The van der Waals surface area contributed by atoms with Crippen LogP contribution >= 0.6 is 0 Å². The van der Waals surface area contributed by atoms with Crippen LogP contribution in [0.5, 0.6) is 17.2 Å². The molecule has 1 aromatic rings. The van der Waals surface area contributed by atoms with E-state index in [0.717, 1.165) is 19.3 Å². The van der Waals surface area contributed by atoms with Gasteiger partial charge in [0.2, 0.25) is 0 Å². The normalized spacial score (nSPS) is 10.8. The van der Waals surface area contributed by atoms with Crippen LogP contribution in [0.1, 0.15) is 74.2 Å². The van der Waals surface area contributed by atoms with Crippen LogP contribution in [0.25, 0.3) is 0 Å². The molecule has 0 atom stereocenters. The fraction of sp³-hybridized carbons (Fsp3) is 0.588. The third-order valence-corrected chi connectivity index (χ3v) is 3.81. The quantitative estimate of drug-likeness (QED) is 0.272. The Hall–Kier alpha value is -1.71. The molecule has 0 saturated heterocycles. The SMILES string of the molecule is CCCCCCCCCC(=O)c1cc(O)c(C)c(O)c1O. The Morgan fingerprint density at radius 3 is 2.14 bits per heavy atom. The zero-order chi connectivity index (χ0) is 15.8. The summed E-state index contributed by atoms with van der Waals surface area (Å²) >= 11 is 0. The van der Waals surface area contributed by atoms with Gasteiger partial charge in [0.15, 0.2) is 17.3 Å². The summed E-state index contributed by atoms with van der Waals surface area (Å²) in [6.45, 7) is 3.66. The Labute approximate surface area is 126 Å². The number of unbranched alkanes of at least 4 members (excludes halogenated alkanes) is 6. The fourth-order valence-electron chi connectivity index (χ4n) is 2.33. The zero-order valence-electron chi connectivity index (χ0n) is 13.0. The maximum atomic E-state index is 12.0. The van der Waals surface area contributed by atoms with Gasteiger partial charge in [-0.15, -0.1) is 0 Å². The first-order valence-corrected chi connectivity index (χ1v) is 7.76. The van der Waals surface area contributed by atoms with Crippen molar-refractivity contribution in [2.45, 2.75) is 65.2 Å². The van der Waals surface area contributed by atoms with Gasteiger partial charge < -0.3 is 15.3 Å². The van der Waals surface area contributed by atoms with Crippen LogP contribution in [-0.2, 0) is 0 Å². The number of benzene rings is 1. The number of Topliss-reactive ketones (excluding diaryl/α,β-unsaturated/α-hetero) is 1. The number of ketones is 1. The highest BCUT2D eigenvalue weighted by atomic mass is 16.3. The number of carbonyl (C=O) groups excluding carboxylic acids is 1. The molecule has 0 amide bonds. The van der Waals surface area contributed by atoms with E-state index in [9.17, 15) is 20.1 Å². The van der Waals surface area contributed by atoms with Crippen molar-refractivity contribution in [1.82, 2.24) is 0 Å². The molecule has 0 aliphatic carbocycles. The first-order valence-electron chi connectivity index (χ1n) is 7.76. The Morgan fingerprint density at radius 1 is 0.952 bits per heavy atom. The van der Waals surface area contributed by atoms with Crippen LogP contribution < -0.4 is 0 Å². The molecule has 0 spiro atoms. The summed E-state index contributed by atoms with van der Waals surface area (Å²) in [6, 6.07) is 1.23. The van der Waals surface area contributed by atoms with E-state index in [0.29, 0.717) is 6.42 Å². The second-order valence-corrected chi connectivity index (χ2v) is 5.56. The Kier molecular flexibility index (Phi) is 7.06. The molecule has 0 aliphatic rings. The zero-order valence-corrected chi connectivity index (χ0v) is 13.0. The number of rotatable bonds is 9. The van der Waals surface area contributed by atoms with E-state index in [1.54, 1.807) is 0 Å². The van der Waals surface area contributed by atoms with Gasteiger partial charge in [-0.25, -0.2) is 0 Å². The fourth-order valence-corrected chi connectivity index (χ4v) is 2.33. The summed E-state index contributed by atoms with van der Waals surface area (Å²) in [6.07, 6.45) is 8.10. The number of phenolic OH excluding ortho intramolecular Hbond substituents is 3. The molecular formula is C17H26O4. The lowest BCUT2D eigenvalue weighted by Gasteiger charge is -2.09. The van der Waals surface area contributed by atoms with Gasteiger partial charge in [0, 0.05) is 12.0 Å². The molecule has 3 N–H and O–H groups in total. The molecule has 0 bridgehead atoms. The van der Waals surface area contributed by atoms with Crippen molar-refractivity contribution < 1.29 is 20.1 Å². The van der Waals surface area contributed by atoms with E-state index in [1.165, 1.54) is 38.7 Å². The molecule has 4 heteroatoms. The molecule has 0 heterocycles. The van der Waals surface area contributed by atoms with E-state index >= 15 is 0 Å². The predicted molar refractivity (Wildman–Crippen MR) is 83.1 cm³/mol. The van der Waals surface area contributed by atoms with Crippen molar-refractivity contribution in [2.75, 3.05) is 0 Å². The van der Waals surface area contributed by atoms with E-state index in [2.05, 4.69) is 6.92 Å². The van der Waals surface area contributed by atoms with Crippen molar-refractivity contribution in [2.24, 2.45) is 0 Å². The van der Waals surface area contributed by atoms with Crippen molar-refractivity contribution in [3.05, 3.63) is 17.2 Å². The lowest BCUT2D eigenvalue weighted by molar-refractivity contribution is 0.0975. The molecule has 118 valence electrons. The van der Waals surface area contributed by atoms with Gasteiger partial charge in [-0.2, -0.15) is 0 Å². The number of phenols is 3. The maximum absolute atomic E-state index is 12.0. The van der Waals surface area contributed by atoms with Gasteiger partial charge in [-0.1, -0.05) is 45.4 Å². The molecule has 4 nitrogen and oxygen atoms in total. The van der Waals surface area contributed by atoms with E-state index in [4.69, 9.17) is 0 Å². The van der Waals surface area contributed by atoms with Gasteiger partial charge in [-0.05, 0) is 19.4 Å². The second kappa shape index (κ2) is 8.55. The summed E-state index contributed by atoms with van der Waals surface area (Å²) in [5.41, 5.74) is 0.182. The first-order chi connectivity index (χ1) is 9.99. The Morgan fingerprint density at radius 2 is 1.52 bits per heavy atom. The maximum Gasteiger partial charge on any atom is 0.169 e. The average Bonchev–Trinajstić information content (AvgIpc) is 2.47. The van der Waals surface area contributed by atoms with Crippen LogP contribution in [0, 0.1) is 6.92 Å². The minimum atomic E-state index is -0.432. The molecule has 0 unspecified atom stereocenters. The van der Waals surface area contributed by atoms with E-state index < -0.39 is 11.5 Å². The molecule has 0 aliphatic heterocycles. The van der Waals surface area contributed by atoms with Crippen LogP contribution in [-0.4, -0.2) is 21.1 Å². The van der Waals surface area contributed by atoms with Gasteiger partial charge in [0.05, 0.1) is 5.56 Å². The van der Waals surface area contributed by atoms with Crippen LogP contribution in [0.2, 0.25) is 0 Å². The predicted octanol–water partition coefficient (Wildman–Crippen LogP) is 4.44. The molecule has 0 radical (unpaired) electrons. The monoisotopic (exact) mass is 294 g/mol. The summed E-state index contributed by atoms with van der Waals surface area (Å²) in [5.74, 6) is -1.27. The average molecular weight is 294 g/mol. The molecule has 1 rings (SSSR count). The van der Waals surface area contributed by atoms with Gasteiger partial charge >= 0.3 is 0 Å². The largest absolute Gasteiger partial charge is 0.508 e. The smallest absolute Gasteiger partial charge is 0.169 e. The van der Waals surface area contributed by atoms with Crippen molar-refractivity contribution in [1.29, 1.82) is 0 Å². The van der Waals surface area contributed by atoms with Crippen molar-refractivity contribution in [3.8, 4) is 17.2 Å². The number of carbonyl (C=O) groups is 1. The minimum absolute atomic E-state index is 0.00147.